The minimum Gasteiger partial charge on any atom is -0.334 e. The van der Waals surface area contributed by atoms with Crippen molar-refractivity contribution in [3.05, 3.63) is 197 Å². The van der Waals surface area contributed by atoms with E-state index >= 15 is 0 Å². The van der Waals surface area contributed by atoms with Gasteiger partial charge in [-0.1, -0.05) is 186 Å². The van der Waals surface area contributed by atoms with E-state index in [0.29, 0.717) is 0 Å². The van der Waals surface area contributed by atoms with Crippen LogP contribution in [-0.4, -0.2) is 17.8 Å². The van der Waals surface area contributed by atoms with Gasteiger partial charge in [-0.15, -0.1) is 11.3 Å². The molecule has 0 radical (unpaired) electrons. The van der Waals surface area contributed by atoms with E-state index in [4.69, 9.17) is 0 Å². The standard InChI is InChI=1S/C77H79BN4S/c1-71(2,3)48-29-33-50(34-30-48)79-64-43-52(81-62-27-17-15-25-58(62)74(9)39-19-21-41-76(74,81)11)37-38-61(64)78-68-65(79)44-53(82-63-28-18-16-26-59(63)75(10)40-20-22-42-77(75,82)12)45-66(68)80(51-35-31-49(32-36-51)72(4,5)6)69-56-46-55-54-23-13-14-24-57(54)73(7,8)60(55)47-67(56)83-70(69)78/h13-18,23-38,43-47H,19-22,39-42H2,1-12H3. The van der Waals surface area contributed by atoms with Crippen molar-refractivity contribution in [2.75, 3.05) is 19.6 Å². The van der Waals surface area contributed by atoms with Crippen LogP contribution in [0, 0.1) is 0 Å². The molecule has 16 rings (SSSR count). The Kier molecular flexibility index (Phi) is 10.6. The molecule has 2 saturated carbocycles. The molecule has 4 nitrogen and oxygen atoms in total. The minimum atomic E-state index is -0.145. The minimum absolute atomic E-state index is 0.00423. The van der Waals surface area contributed by atoms with E-state index < -0.39 is 0 Å². The van der Waals surface area contributed by atoms with Crippen LogP contribution in [0.1, 0.15) is 168 Å². The van der Waals surface area contributed by atoms with Gasteiger partial charge in [0.2, 0.25) is 0 Å². The van der Waals surface area contributed by atoms with Gasteiger partial charge in [-0.2, -0.15) is 0 Å². The summed E-state index contributed by atoms with van der Waals surface area (Å²) in [6.07, 6.45) is 9.64. The van der Waals surface area contributed by atoms with Crippen LogP contribution in [0.5, 0.6) is 0 Å². The molecule has 4 unspecified atom stereocenters. The third kappa shape index (κ3) is 6.77. The van der Waals surface area contributed by atoms with E-state index in [2.05, 4.69) is 266 Å². The highest BCUT2D eigenvalue weighted by Gasteiger charge is 2.60. The maximum Gasteiger partial charge on any atom is 0.264 e. The number of fused-ring (bicyclic) bond motifs is 15. The Labute approximate surface area is 498 Å². The van der Waals surface area contributed by atoms with E-state index in [1.54, 1.807) is 0 Å². The van der Waals surface area contributed by atoms with Crippen LogP contribution in [0.25, 0.3) is 21.2 Å². The van der Waals surface area contributed by atoms with E-state index in [1.165, 1.54) is 166 Å². The number of hydrogen-bond acceptors (Lipinski definition) is 5. The van der Waals surface area contributed by atoms with Crippen molar-refractivity contribution in [2.45, 2.75) is 173 Å². The number of rotatable bonds is 4. The normalized spacial score (nSPS) is 24.2. The first-order chi connectivity index (χ1) is 39.7. The molecule has 83 heavy (non-hydrogen) atoms. The fourth-order valence-electron chi connectivity index (χ4n) is 17.9. The summed E-state index contributed by atoms with van der Waals surface area (Å²) < 4.78 is 2.78. The SMILES string of the molecule is CC(C)(C)c1ccc(N2c3cc(N4c5ccccc5C5(C)CCCCC45C)ccc3B3c4sc5cc6c(cc5c4N(c4ccc(C(C)(C)C)cc4)c4cc(N5c7ccccc7C7(C)CCCCC57C)cc2c43)-c2ccccc2C6(C)C)cc1. The molecule has 0 amide bonds. The molecule has 8 aromatic carbocycles. The molecular weight excluding hydrogens is 1020 g/mol. The van der Waals surface area contributed by atoms with Crippen molar-refractivity contribution in [3.8, 4) is 11.1 Å². The number of nitrogens with zero attached hydrogens (tertiary/aromatic N) is 4. The summed E-state index contributed by atoms with van der Waals surface area (Å²) >= 11 is 2.04. The Hall–Kier alpha value is -7.02. The zero-order chi connectivity index (χ0) is 57.1. The summed E-state index contributed by atoms with van der Waals surface area (Å²) in [5.41, 5.74) is 26.5. The van der Waals surface area contributed by atoms with Gasteiger partial charge >= 0.3 is 0 Å². The second kappa shape index (κ2) is 17.1. The molecule has 4 aliphatic heterocycles. The maximum atomic E-state index is 2.83. The lowest BCUT2D eigenvalue weighted by Crippen LogP contribution is -2.61. The molecule has 3 aliphatic carbocycles. The van der Waals surface area contributed by atoms with Crippen molar-refractivity contribution in [1.82, 2.24) is 0 Å². The Bertz CT molecular complexity index is 4210. The Morgan fingerprint density at radius 3 is 1.48 bits per heavy atom. The molecule has 1 aromatic heterocycles. The third-order valence-corrected chi connectivity index (χ3v) is 24.1. The number of benzene rings is 8. The zero-order valence-corrected chi connectivity index (χ0v) is 51.8. The van der Waals surface area contributed by atoms with Crippen LogP contribution >= 0.6 is 11.3 Å². The van der Waals surface area contributed by atoms with Crippen molar-refractivity contribution in [2.24, 2.45) is 0 Å². The fraction of sp³-hybridized carbons (Fsp3) is 0.351. The van der Waals surface area contributed by atoms with Gasteiger partial charge in [-0.05, 0) is 179 Å². The monoisotopic (exact) mass is 1100 g/mol. The molecule has 9 aromatic rings. The molecule has 0 bridgehead atoms. The van der Waals surface area contributed by atoms with Crippen molar-refractivity contribution >= 4 is 101 Å². The number of para-hydroxylation sites is 2. The first kappa shape index (κ1) is 51.6. The lowest BCUT2D eigenvalue weighted by Gasteiger charge is -2.51. The number of anilines is 10. The van der Waals surface area contributed by atoms with E-state index in [-0.39, 0.29) is 44.9 Å². The molecule has 4 atom stereocenters. The number of thiophene rings is 1. The van der Waals surface area contributed by atoms with Crippen LogP contribution in [-0.2, 0) is 27.1 Å². The predicted octanol–water partition coefficient (Wildman–Crippen LogP) is 19.4. The summed E-state index contributed by atoms with van der Waals surface area (Å²) in [5.74, 6) is 0. The van der Waals surface area contributed by atoms with Crippen molar-refractivity contribution in [3.63, 3.8) is 0 Å². The van der Waals surface area contributed by atoms with Crippen molar-refractivity contribution in [1.29, 1.82) is 0 Å². The van der Waals surface area contributed by atoms with Gasteiger partial charge in [-0.25, -0.2) is 0 Å². The molecule has 416 valence electrons. The smallest absolute Gasteiger partial charge is 0.264 e. The third-order valence-electron chi connectivity index (χ3n) is 22.9. The first-order valence-corrected chi connectivity index (χ1v) is 32.1. The van der Waals surface area contributed by atoms with Crippen LogP contribution in [0.3, 0.4) is 0 Å². The first-order valence-electron chi connectivity index (χ1n) is 31.3. The Morgan fingerprint density at radius 1 is 0.422 bits per heavy atom. The van der Waals surface area contributed by atoms with Gasteiger partial charge in [0.05, 0.1) is 16.8 Å². The van der Waals surface area contributed by atoms with Crippen LogP contribution in [0.2, 0.25) is 0 Å². The number of hydrogen-bond donors (Lipinski definition) is 0. The molecular formula is C77H79BN4S. The van der Waals surface area contributed by atoms with E-state index in [1.807, 2.05) is 11.3 Å². The highest BCUT2D eigenvalue weighted by atomic mass is 32.1. The highest BCUT2D eigenvalue weighted by molar-refractivity contribution is 7.33. The van der Waals surface area contributed by atoms with Gasteiger partial charge < -0.3 is 19.6 Å². The van der Waals surface area contributed by atoms with Gasteiger partial charge in [0, 0.05) is 82.3 Å². The molecule has 0 saturated heterocycles. The van der Waals surface area contributed by atoms with Gasteiger partial charge in [0.25, 0.3) is 6.71 Å². The summed E-state index contributed by atoms with van der Waals surface area (Å²) in [6.45, 7) is 29.2. The Balaban J connectivity index is 1.03. The zero-order valence-electron chi connectivity index (χ0n) is 51.0. The quantitative estimate of drug-likeness (QED) is 0.163. The molecule has 7 aliphatic rings. The van der Waals surface area contributed by atoms with Gasteiger partial charge in [-0.3, -0.25) is 0 Å². The van der Waals surface area contributed by atoms with Crippen LogP contribution in [0.4, 0.5) is 56.9 Å². The molecule has 5 heterocycles. The Morgan fingerprint density at radius 2 is 0.904 bits per heavy atom. The molecule has 2 fully saturated rings. The lowest BCUT2D eigenvalue weighted by atomic mass is 9.36. The molecule has 6 heteroatoms. The van der Waals surface area contributed by atoms with Crippen LogP contribution in [0.15, 0.2) is 164 Å². The topological polar surface area (TPSA) is 13.0 Å². The second-order valence-corrected chi connectivity index (χ2v) is 30.6. The van der Waals surface area contributed by atoms with Crippen LogP contribution < -0.4 is 35.3 Å². The predicted molar refractivity (Wildman–Crippen MR) is 356 cm³/mol. The largest absolute Gasteiger partial charge is 0.334 e. The summed E-state index contributed by atoms with van der Waals surface area (Å²) in [5, 5.41) is 1.34. The summed E-state index contributed by atoms with van der Waals surface area (Å²) in [4.78, 5) is 11.1. The molecule has 0 spiro atoms. The molecule has 0 N–H and O–H groups in total. The fourth-order valence-corrected chi connectivity index (χ4v) is 19.2. The average molecular weight is 1100 g/mol. The lowest BCUT2D eigenvalue weighted by molar-refractivity contribution is 0.195. The van der Waals surface area contributed by atoms with E-state index in [0.717, 1.165) is 12.8 Å². The summed E-state index contributed by atoms with van der Waals surface area (Å²) in [7, 11) is 0. The highest BCUT2D eigenvalue weighted by Crippen LogP contribution is 2.64. The van der Waals surface area contributed by atoms with Crippen molar-refractivity contribution < 1.29 is 0 Å². The van der Waals surface area contributed by atoms with Gasteiger partial charge in [0.15, 0.2) is 0 Å². The summed E-state index contributed by atoms with van der Waals surface area (Å²) in [6, 6.07) is 65.7. The average Bonchev–Trinajstić information content (AvgIpc) is 1.73. The second-order valence-electron chi connectivity index (χ2n) is 29.5. The maximum absolute atomic E-state index is 2.83. The van der Waals surface area contributed by atoms with E-state index in [9.17, 15) is 0 Å². The van der Waals surface area contributed by atoms with Gasteiger partial charge in [0.1, 0.15) is 0 Å².